The Hall–Kier alpha value is -1.74. The minimum absolute atomic E-state index is 0.0201. The molecule has 2 aromatic heterocycles. The third-order valence-electron chi connectivity index (χ3n) is 3.84. The predicted molar refractivity (Wildman–Crippen MR) is 77.1 cm³/mol. The fraction of sp³-hybridized carbons (Fsp3) is 0.545. The summed E-state index contributed by atoms with van der Waals surface area (Å²) in [5.74, 6) is 0.115. The van der Waals surface area contributed by atoms with Crippen LogP contribution in [-0.2, 0) is 15.8 Å². The molecule has 0 saturated heterocycles. The maximum absolute atomic E-state index is 11.7. The summed E-state index contributed by atoms with van der Waals surface area (Å²) in [6, 6.07) is 0. The lowest BCUT2D eigenvalue weighted by molar-refractivity contribution is 0.0306. The molecule has 0 spiro atoms. The van der Waals surface area contributed by atoms with E-state index in [1.807, 2.05) is 6.92 Å². The summed E-state index contributed by atoms with van der Waals surface area (Å²) in [6.45, 7) is 2.22. The van der Waals surface area contributed by atoms with Crippen molar-refractivity contribution in [3.63, 3.8) is 0 Å². The van der Waals surface area contributed by atoms with E-state index in [1.165, 1.54) is 6.33 Å². The Morgan fingerprint density at radius 3 is 2.91 bits per heavy atom. The van der Waals surface area contributed by atoms with E-state index in [1.54, 1.807) is 4.57 Å². The second kappa shape index (κ2) is 4.88. The SMILES string of the molecule is CC1CC1(Cn1cnc2c(=O)[nH]c(N)nc21)OCP(=O)(O)O. The van der Waals surface area contributed by atoms with Crippen LogP contribution in [0.25, 0.3) is 11.2 Å². The maximum atomic E-state index is 11.7. The number of imidazole rings is 1. The Kier molecular flexibility index (Phi) is 3.37. The largest absolute Gasteiger partial charge is 0.369 e. The summed E-state index contributed by atoms with van der Waals surface area (Å²) in [6.07, 6.45) is 1.46. The molecule has 2 atom stereocenters. The van der Waals surface area contributed by atoms with Gasteiger partial charge in [0.1, 0.15) is 6.35 Å². The van der Waals surface area contributed by atoms with Crippen molar-refractivity contribution in [3.8, 4) is 0 Å². The molecule has 10 nitrogen and oxygen atoms in total. The Morgan fingerprint density at radius 1 is 1.64 bits per heavy atom. The van der Waals surface area contributed by atoms with Crippen LogP contribution < -0.4 is 11.3 Å². The Balaban J connectivity index is 1.89. The molecular weight excluding hydrogens is 313 g/mol. The molecule has 1 aliphatic rings. The average Bonchev–Trinajstić information content (AvgIpc) is 2.83. The van der Waals surface area contributed by atoms with Crippen molar-refractivity contribution in [1.29, 1.82) is 0 Å². The van der Waals surface area contributed by atoms with Crippen LogP contribution in [0.2, 0.25) is 0 Å². The minimum atomic E-state index is -4.24. The Labute approximate surface area is 124 Å². The molecule has 11 heteroatoms. The summed E-state index contributed by atoms with van der Waals surface area (Å²) >= 11 is 0. The van der Waals surface area contributed by atoms with Crippen LogP contribution >= 0.6 is 7.60 Å². The average molecular weight is 329 g/mol. The van der Waals surface area contributed by atoms with Crippen LogP contribution in [0.4, 0.5) is 5.95 Å². The van der Waals surface area contributed by atoms with Crippen molar-refractivity contribution < 1.29 is 19.1 Å². The second-order valence-electron chi connectivity index (χ2n) is 5.60. The number of nitrogens with zero attached hydrogens (tertiary/aromatic N) is 3. The van der Waals surface area contributed by atoms with Gasteiger partial charge in [-0.3, -0.25) is 14.3 Å². The van der Waals surface area contributed by atoms with Gasteiger partial charge in [-0.15, -0.1) is 0 Å². The molecule has 2 heterocycles. The van der Waals surface area contributed by atoms with Crippen LogP contribution in [0.3, 0.4) is 0 Å². The number of hydrogen-bond acceptors (Lipinski definition) is 6. The van der Waals surface area contributed by atoms with Crippen molar-refractivity contribution in [2.75, 3.05) is 12.1 Å². The van der Waals surface area contributed by atoms with Crippen molar-refractivity contribution >= 4 is 24.7 Å². The van der Waals surface area contributed by atoms with Gasteiger partial charge in [-0.25, -0.2) is 4.98 Å². The topological polar surface area (TPSA) is 156 Å². The van der Waals surface area contributed by atoms with Gasteiger partial charge in [0.25, 0.3) is 5.56 Å². The first-order valence-corrected chi connectivity index (χ1v) is 8.39. The van der Waals surface area contributed by atoms with E-state index in [0.717, 1.165) is 0 Å². The summed E-state index contributed by atoms with van der Waals surface area (Å²) < 4.78 is 18.1. The van der Waals surface area contributed by atoms with Gasteiger partial charge >= 0.3 is 7.60 Å². The molecule has 120 valence electrons. The molecule has 0 amide bonds. The third-order valence-corrected chi connectivity index (χ3v) is 4.31. The van der Waals surface area contributed by atoms with E-state index in [9.17, 15) is 9.36 Å². The van der Waals surface area contributed by atoms with Gasteiger partial charge < -0.3 is 24.8 Å². The minimum Gasteiger partial charge on any atom is -0.369 e. The zero-order chi connectivity index (χ0) is 16.1. The normalized spacial score (nSPS) is 24.8. The summed E-state index contributed by atoms with van der Waals surface area (Å²) in [5.41, 5.74) is 4.89. The van der Waals surface area contributed by atoms with Crippen LogP contribution in [-0.4, -0.2) is 41.3 Å². The molecule has 0 radical (unpaired) electrons. The standard InChI is InChI=1S/C11H16N5O5P/c1-6-2-11(6,21-5-22(18,19)20)3-16-4-13-7-8(16)14-10(12)15-9(7)17/h4,6H,2-3,5H2,1H3,(H2,18,19,20)(H3,12,14,15,17). The molecular formula is C11H16N5O5P. The van der Waals surface area contributed by atoms with Crippen LogP contribution in [0, 0.1) is 5.92 Å². The molecule has 0 bridgehead atoms. The molecule has 2 unspecified atom stereocenters. The predicted octanol–water partition coefficient (Wildman–Crippen LogP) is -0.368. The number of H-pyrrole nitrogens is 1. The van der Waals surface area contributed by atoms with Crippen molar-refractivity contribution in [2.45, 2.75) is 25.5 Å². The maximum Gasteiger partial charge on any atom is 0.351 e. The van der Waals surface area contributed by atoms with E-state index >= 15 is 0 Å². The van der Waals surface area contributed by atoms with Gasteiger partial charge in [-0.05, 0) is 12.3 Å². The van der Waals surface area contributed by atoms with E-state index in [4.69, 9.17) is 20.3 Å². The first kappa shape index (κ1) is 15.2. The number of aromatic amines is 1. The zero-order valence-electron chi connectivity index (χ0n) is 11.8. The van der Waals surface area contributed by atoms with Crippen LogP contribution in [0.15, 0.2) is 11.1 Å². The number of ether oxygens (including phenoxy) is 1. The van der Waals surface area contributed by atoms with E-state index < -0.39 is 25.1 Å². The van der Waals surface area contributed by atoms with Gasteiger partial charge in [0, 0.05) is 0 Å². The number of nitrogen functional groups attached to an aromatic ring is 1. The summed E-state index contributed by atoms with van der Waals surface area (Å²) in [4.78, 5) is 40.1. The van der Waals surface area contributed by atoms with Gasteiger partial charge in [-0.1, -0.05) is 6.92 Å². The second-order valence-corrected chi connectivity index (χ2v) is 7.19. The highest BCUT2D eigenvalue weighted by Crippen LogP contribution is 2.50. The lowest BCUT2D eigenvalue weighted by atomic mass is 10.2. The molecule has 22 heavy (non-hydrogen) atoms. The highest BCUT2D eigenvalue weighted by molar-refractivity contribution is 7.51. The van der Waals surface area contributed by atoms with Crippen molar-refractivity contribution in [1.82, 2.24) is 19.5 Å². The number of rotatable bonds is 5. The highest BCUT2D eigenvalue weighted by atomic mass is 31.2. The number of hydrogen-bond donors (Lipinski definition) is 4. The molecule has 0 aromatic carbocycles. The van der Waals surface area contributed by atoms with E-state index in [0.29, 0.717) is 18.6 Å². The quantitative estimate of drug-likeness (QED) is 0.541. The van der Waals surface area contributed by atoms with E-state index in [2.05, 4.69) is 15.0 Å². The van der Waals surface area contributed by atoms with E-state index in [-0.39, 0.29) is 17.4 Å². The molecule has 1 saturated carbocycles. The number of nitrogens with two attached hydrogens (primary N) is 1. The number of fused-ring (bicyclic) bond motifs is 1. The first-order chi connectivity index (χ1) is 10.2. The number of aromatic nitrogens is 4. The van der Waals surface area contributed by atoms with Crippen LogP contribution in [0.5, 0.6) is 0 Å². The molecule has 3 rings (SSSR count). The fourth-order valence-corrected chi connectivity index (χ4v) is 2.94. The molecule has 1 fully saturated rings. The lowest BCUT2D eigenvalue weighted by Gasteiger charge is -2.19. The first-order valence-electron chi connectivity index (χ1n) is 6.59. The highest BCUT2D eigenvalue weighted by Gasteiger charge is 2.53. The molecule has 1 aliphatic carbocycles. The van der Waals surface area contributed by atoms with Crippen molar-refractivity contribution in [3.05, 3.63) is 16.7 Å². The van der Waals surface area contributed by atoms with Gasteiger partial charge in [-0.2, -0.15) is 4.98 Å². The van der Waals surface area contributed by atoms with Gasteiger partial charge in [0.15, 0.2) is 11.2 Å². The number of nitrogens with one attached hydrogen (secondary N) is 1. The van der Waals surface area contributed by atoms with Crippen LogP contribution in [0.1, 0.15) is 13.3 Å². The van der Waals surface area contributed by atoms with Gasteiger partial charge in [0.05, 0.1) is 18.5 Å². The fourth-order valence-electron chi connectivity index (χ4n) is 2.51. The summed E-state index contributed by atoms with van der Waals surface area (Å²) in [5, 5.41) is 0. The third kappa shape index (κ3) is 2.78. The van der Waals surface area contributed by atoms with Gasteiger partial charge in [0.2, 0.25) is 5.95 Å². The molecule has 5 N–H and O–H groups in total. The zero-order valence-corrected chi connectivity index (χ0v) is 12.7. The summed E-state index contributed by atoms with van der Waals surface area (Å²) in [7, 11) is -4.24. The monoisotopic (exact) mass is 329 g/mol. The molecule has 0 aliphatic heterocycles. The lowest BCUT2D eigenvalue weighted by Crippen LogP contribution is -2.25. The van der Waals surface area contributed by atoms with Crippen molar-refractivity contribution in [2.24, 2.45) is 5.92 Å². The Bertz CT molecular complexity index is 826. The smallest absolute Gasteiger partial charge is 0.351 e. The Morgan fingerprint density at radius 2 is 2.32 bits per heavy atom. The molecule has 2 aromatic rings. The number of anilines is 1.